The van der Waals surface area contributed by atoms with Gasteiger partial charge in [-0.1, -0.05) is 29.8 Å². The van der Waals surface area contributed by atoms with Gasteiger partial charge in [0.1, 0.15) is 11.3 Å². The number of nitrogens with one attached hydrogen (secondary N) is 1. The number of urea groups is 1. The van der Waals surface area contributed by atoms with Gasteiger partial charge in [-0.15, -0.1) is 0 Å². The van der Waals surface area contributed by atoms with Crippen molar-refractivity contribution < 1.29 is 23.9 Å². The third-order valence-electron chi connectivity index (χ3n) is 4.54. The highest BCUT2D eigenvalue weighted by molar-refractivity contribution is 6.30. The summed E-state index contributed by atoms with van der Waals surface area (Å²) in [6.45, 7) is 1.80. The van der Waals surface area contributed by atoms with E-state index in [0.717, 1.165) is 15.4 Å². The fourth-order valence-corrected chi connectivity index (χ4v) is 2.78. The largest absolute Gasteiger partial charge is 0.484 e. The van der Waals surface area contributed by atoms with Crippen molar-refractivity contribution in [3.8, 4) is 5.75 Å². The van der Waals surface area contributed by atoms with Crippen molar-refractivity contribution in [1.82, 2.24) is 9.80 Å². The number of likely N-dealkylation sites (N-methyl/N-ethyl adjacent to an activating group) is 2. The Labute approximate surface area is 173 Å². The average molecular weight is 407 g/mol. The molecule has 1 N–H and O–H groups in total. The molecule has 1 heterocycles. The molecule has 0 radical (unpaired) electrons. The molecule has 8 heteroatoms. The van der Waals surface area contributed by atoms with Gasteiger partial charge < -0.3 is 10.1 Å². The van der Waals surface area contributed by atoms with E-state index in [4.69, 9.17) is 4.74 Å². The van der Waals surface area contributed by atoms with Crippen molar-refractivity contribution in [2.75, 3.05) is 26.0 Å². The maximum Gasteiger partial charge on any atom is 0.333 e. The third kappa shape index (κ3) is 4.54. The third-order valence-corrected chi connectivity index (χ3v) is 4.54. The number of anilines is 1. The minimum Gasteiger partial charge on any atom is -0.484 e. The van der Waals surface area contributed by atoms with E-state index in [2.05, 4.69) is 5.32 Å². The molecule has 3 rings (SSSR count). The Morgan fingerprint density at radius 1 is 0.933 bits per heavy atom. The lowest BCUT2D eigenvalue weighted by Crippen LogP contribution is -2.52. The Balaban J connectivity index is 1.62. The zero-order valence-electron chi connectivity index (χ0n) is 16.8. The zero-order chi connectivity index (χ0) is 21.8. The molecule has 154 valence electrons. The molecular weight excluding hydrogens is 386 g/mol. The van der Waals surface area contributed by atoms with Crippen LogP contribution in [0.1, 0.15) is 11.1 Å². The molecule has 30 heavy (non-hydrogen) atoms. The summed E-state index contributed by atoms with van der Waals surface area (Å²) in [6.07, 6.45) is 1.41. The molecule has 0 spiro atoms. The smallest absolute Gasteiger partial charge is 0.333 e. The molecule has 5 amide bonds. The Hall–Kier alpha value is -3.94. The lowest BCUT2D eigenvalue weighted by molar-refractivity contribution is -0.134. The first-order valence-corrected chi connectivity index (χ1v) is 9.17. The average Bonchev–Trinajstić information content (AvgIpc) is 2.75. The summed E-state index contributed by atoms with van der Waals surface area (Å²) >= 11 is 0. The van der Waals surface area contributed by atoms with E-state index >= 15 is 0 Å². The van der Waals surface area contributed by atoms with E-state index in [1.165, 1.54) is 20.2 Å². The molecule has 0 aromatic heterocycles. The molecule has 2 aromatic rings. The van der Waals surface area contributed by atoms with E-state index in [9.17, 15) is 19.2 Å². The summed E-state index contributed by atoms with van der Waals surface area (Å²) in [5, 5.41) is 2.74. The lowest BCUT2D eigenvalue weighted by atomic mass is 10.1. The molecular formula is C22H21N3O5. The monoisotopic (exact) mass is 407 g/mol. The number of rotatable bonds is 5. The second-order valence-corrected chi connectivity index (χ2v) is 6.84. The number of ether oxygens (including phenoxy) is 1. The molecule has 0 bridgehead atoms. The zero-order valence-corrected chi connectivity index (χ0v) is 16.8. The van der Waals surface area contributed by atoms with Gasteiger partial charge in [0.25, 0.3) is 17.7 Å². The summed E-state index contributed by atoms with van der Waals surface area (Å²) in [5.74, 6) is -1.14. The molecule has 0 unspecified atom stereocenters. The molecule has 2 aromatic carbocycles. The Morgan fingerprint density at radius 3 is 2.07 bits per heavy atom. The van der Waals surface area contributed by atoms with Crippen LogP contribution in [0, 0.1) is 6.92 Å². The van der Waals surface area contributed by atoms with Crippen LogP contribution in [0.2, 0.25) is 0 Å². The molecule has 1 aliphatic heterocycles. The van der Waals surface area contributed by atoms with E-state index in [0.29, 0.717) is 17.0 Å². The standard InChI is InChI=1S/C22H21N3O5/c1-14-4-8-16(9-5-14)23-19(26)13-30-17-10-6-15(7-11-17)12-18-20(27)24(2)22(29)25(3)21(18)28/h4-12H,13H2,1-3H3,(H,23,26). The van der Waals surface area contributed by atoms with Crippen LogP contribution in [0.3, 0.4) is 0 Å². The van der Waals surface area contributed by atoms with Gasteiger partial charge in [-0.3, -0.25) is 24.2 Å². The number of nitrogens with zero attached hydrogens (tertiary/aromatic N) is 2. The number of aryl methyl sites for hydroxylation is 1. The Morgan fingerprint density at radius 2 is 1.50 bits per heavy atom. The highest BCUT2D eigenvalue weighted by Gasteiger charge is 2.37. The van der Waals surface area contributed by atoms with Gasteiger partial charge in [-0.25, -0.2) is 4.79 Å². The molecule has 1 saturated heterocycles. The first-order valence-electron chi connectivity index (χ1n) is 9.17. The van der Waals surface area contributed by atoms with Crippen LogP contribution in [0.25, 0.3) is 6.08 Å². The van der Waals surface area contributed by atoms with Gasteiger partial charge in [0.15, 0.2) is 6.61 Å². The SMILES string of the molecule is Cc1ccc(NC(=O)COc2ccc(C=C3C(=O)N(C)C(=O)N(C)C3=O)cc2)cc1. The predicted molar refractivity (Wildman–Crippen MR) is 111 cm³/mol. The van der Waals surface area contributed by atoms with Gasteiger partial charge in [-0.05, 0) is 42.8 Å². The maximum absolute atomic E-state index is 12.2. The summed E-state index contributed by atoms with van der Waals surface area (Å²) in [4.78, 5) is 50.0. The summed E-state index contributed by atoms with van der Waals surface area (Å²) in [5.41, 5.74) is 2.26. The van der Waals surface area contributed by atoms with Crippen LogP contribution in [0.15, 0.2) is 54.1 Å². The van der Waals surface area contributed by atoms with E-state index in [1.54, 1.807) is 24.3 Å². The number of carbonyl (C=O) groups excluding carboxylic acids is 4. The van der Waals surface area contributed by atoms with Crippen molar-refractivity contribution >= 4 is 35.5 Å². The van der Waals surface area contributed by atoms with Crippen molar-refractivity contribution in [3.05, 3.63) is 65.2 Å². The van der Waals surface area contributed by atoms with E-state index in [1.807, 2.05) is 31.2 Å². The quantitative estimate of drug-likeness (QED) is 0.607. The summed E-state index contributed by atoms with van der Waals surface area (Å²) in [6, 6.07) is 13.3. The summed E-state index contributed by atoms with van der Waals surface area (Å²) in [7, 11) is 2.64. The normalized spacial score (nSPS) is 14.1. The van der Waals surface area contributed by atoms with Crippen LogP contribution in [-0.2, 0) is 14.4 Å². The number of barbiturate groups is 1. The molecule has 0 atom stereocenters. The summed E-state index contributed by atoms with van der Waals surface area (Å²) < 4.78 is 5.47. The predicted octanol–water partition coefficient (Wildman–Crippen LogP) is 2.45. The fraction of sp³-hybridized carbons (Fsp3) is 0.182. The van der Waals surface area contributed by atoms with Gasteiger partial charge >= 0.3 is 6.03 Å². The number of hydrogen-bond acceptors (Lipinski definition) is 5. The number of benzene rings is 2. The van der Waals surface area contributed by atoms with Gasteiger partial charge in [-0.2, -0.15) is 0 Å². The second-order valence-electron chi connectivity index (χ2n) is 6.84. The van der Waals surface area contributed by atoms with Crippen molar-refractivity contribution in [3.63, 3.8) is 0 Å². The van der Waals surface area contributed by atoms with Crippen LogP contribution in [-0.4, -0.2) is 54.3 Å². The maximum atomic E-state index is 12.2. The number of hydrogen-bond donors (Lipinski definition) is 1. The Bertz CT molecular complexity index is 1000. The molecule has 0 aliphatic carbocycles. The molecule has 8 nitrogen and oxygen atoms in total. The highest BCUT2D eigenvalue weighted by atomic mass is 16.5. The second kappa shape index (κ2) is 8.60. The number of carbonyl (C=O) groups is 4. The van der Waals surface area contributed by atoms with E-state index < -0.39 is 17.8 Å². The van der Waals surface area contributed by atoms with Crippen LogP contribution < -0.4 is 10.1 Å². The number of imide groups is 2. The van der Waals surface area contributed by atoms with Crippen LogP contribution >= 0.6 is 0 Å². The van der Waals surface area contributed by atoms with Crippen LogP contribution in [0.4, 0.5) is 10.5 Å². The van der Waals surface area contributed by atoms with Crippen LogP contribution in [0.5, 0.6) is 5.75 Å². The van der Waals surface area contributed by atoms with Crippen molar-refractivity contribution in [2.45, 2.75) is 6.92 Å². The lowest BCUT2D eigenvalue weighted by Gasteiger charge is -2.28. The first kappa shape index (κ1) is 20.8. The van der Waals surface area contributed by atoms with Crippen molar-refractivity contribution in [1.29, 1.82) is 0 Å². The van der Waals surface area contributed by atoms with Gasteiger partial charge in [0.2, 0.25) is 0 Å². The molecule has 0 saturated carbocycles. The minimum absolute atomic E-state index is 0.106. The van der Waals surface area contributed by atoms with Crippen molar-refractivity contribution in [2.24, 2.45) is 0 Å². The molecule has 1 aliphatic rings. The minimum atomic E-state index is -0.671. The topological polar surface area (TPSA) is 96.0 Å². The van der Waals surface area contributed by atoms with Gasteiger partial charge in [0, 0.05) is 19.8 Å². The first-order chi connectivity index (χ1) is 14.3. The highest BCUT2D eigenvalue weighted by Crippen LogP contribution is 2.20. The number of amides is 5. The van der Waals surface area contributed by atoms with Gasteiger partial charge in [0.05, 0.1) is 0 Å². The molecule has 1 fully saturated rings. The Kier molecular flexibility index (Phi) is 5.96. The fourth-order valence-electron chi connectivity index (χ4n) is 2.78. The van der Waals surface area contributed by atoms with E-state index in [-0.39, 0.29) is 18.1 Å².